The summed E-state index contributed by atoms with van der Waals surface area (Å²) in [4.78, 5) is 10.8. The second-order valence-corrected chi connectivity index (χ2v) is 5.39. The van der Waals surface area contributed by atoms with Crippen molar-refractivity contribution in [3.8, 4) is 0 Å². The molecule has 0 radical (unpaired) electrons. The largest absolute Gasteiger partial charge is 0.481 e. The van der Waals surface area contributed by atoms with Crippen molar-refractivity contribution >= 4 is 5.97 Å². The fourth-order valence-electron chi connectivity index (χ4n) is 2.12. The summed E-state index contributed by atoms with van der Waals surface area (Å²) in [6.07, 6.45) is 9.56. The van der Waals surface area contributed by atoms with Crippen LogP contribution >= 0.6 is 0 Å². The van der Waals surface area contributed by atoms with Crippen LogP contribution in [0.5, 0.6) is 0 Å². The summed E-state index contributed by atoms with van der Waals surface area (Å²) in [5, 5.41) is 20.4. The number of unbranched alkanes of at least 4 members (excludes halogenated alkanes) is 6. The van der Waals surface area contributed by atoms with E-state index in [1.165, 1.54) is 38.5 Å². The van der Waals surface area contributed by atoms with Crippen molar-refractivity contribution in [3.05, 3.63) is 5.82 Å². The zero-order chi connectivity index (χ0) is 14.8. The van der Waals surface area contributed by atoms with Crippen LogP contribution in [0, 0.1) is 5.92 Å². The van der Waals surface area contributed by atoms with E-state index in [-0.39, 0.29) is 0 Å². The molecule has 0 saturated heterocycles. The second kappa shape index (κ2) is 9.44. The van der Waals surface area contributed by atoms with Crippen molar-refractivity contribution in [2.75, 3.05) is 0 Å². The lowest BCUT2D eigenvalue weighted by Gasteiger charge is -2.07. The third-order valence-corrected chi connectivity index (χ3v) is 3.48. The fourth-order valence-corrected chi connectivity index (χ4v) is 2.12. The fraction of sp³-hybridized carbons (Fsp3) is 0.857. The molecule has 1 unspecified atom stereocenters. The van der Waals surface area contributed by atoms with Crippen molar-refractivity contribution in [3.63, 3.8) is 0 Å². The van der Waals surface area contributed by atoms with Crippen LogP contribution in [0.4, 0.5) is 0 Å². The Morgan fingerprint density at radius 3 is 2.50 bits per heavy atom. The molecular formula is C14H26N4O2. The molecule has 114 valence electrons. The topological polar surface area (TPSA) is 80.9 Å². The third kappa shape index (κ3) is 6.12. The molecule has 6 nitrogen and oxygen atoms in total. The molecular weight excluding hydrogens is 256 g/mol. The van der Waals surface area contributed by atoms with Crippen LogP contribution in [0.1, 0.15) is 64.6 Å². The molecule has 1 heterocycles. The van der Waals surface area contributed by atoms with Gasteiger partial charge in [0.15, 0.2) is 5.82 Å². The standard InChI is InChI=1S/C14H26N4O2/c1-3-4-5-6-7-8-9-10-13-15-16-17-18(13)11-12(2)14(19)20/h12H,3-11H2,1-2H3,(H,19,20). The Hall–Kier alpha value is -1.46. The maximum atomic E-state index is 10.8. The molecule has 20 heavy (non-hydrogen) atoms. The molecule has 0 amide bonds. The number of tetrazole rings is 1. The van der Waals surface area contributed by atoms with Crippen LogP contribution in [0.15, 0.2) is 0 Å². The lowest BCUT2D eigenvalue weighted by molar-refractivity contribution is -0.141. The van der Waals surface area contributed by atoms with E-state index in [9.17, 15) is 4.79 Å². The van der Waals surface area contributed by atoms with Crippen molar-refractivity contribution in [2.45, 2.75) is 71.8 Å². The van der Waals surface area contributed by atoms with Gasteiger partial charge in [0, 0.05) is 6.42 Å². The Morgan fingerprint density at radius 2 is 1.85 bits per heavy atom. The minimum Gasteiger partial charge on any atom is -0.481 e. The van der Waals surface area contributed by atoms with E-state index in [1.807, 2.05) is 0 Å². The lowest BCUT2D eigenvalue weighted by atomic mass is 10.1. The molecule has 0 spiro atoms. The van der Waals surface area contributed by atoms with Gasteiger partial charge in [-0.15, -0.1) is 5.10 Å². The maximum Gasteiger partial charge on any atom is 0.308 e. The zero-order valence-corrected chi connectivity index (χ0v) is 12.6. The average Bonchev–Trinajstić information content (AvgIpc) is 2.85. The van der Waals surface area contributed by atoms with Gasteiger partial charge in [0.05, 0.1) is 12.5 Å². The van der Waals surface area contributed by atoms with Gasteiger partial charge in [-0.25, -0.2) is 4.68 Å². The van der Waals surface area contributed by atoms with Gasteiger partial charge in [0.25, 0.3) is 0 Å². The Bertz CT molecular complexity index is 392. The van der Waals surface area contributed by atoms with E-state index in [1.54, 1.807) is 11.6 Å². The predicted octanol–water partition coefficient (Wildman–Crippen LogP) is 2.69. The highest BCUT2D eigenvalue weighted by atomic mass is 16.4. The first kappa shape index (κ1) is 16.6. The van der Waals surface area contributed by atoms with Crippen LogP contribution in [0.25, 0.3) is 0 Å². The first-order valence-corrected chi connectivity index (χ1v) is 7.63. The van der Waals surface area contributed by atoms with Gasteiger partial charge in [-0.2, -0.15) is 0 Å². The Balaban J connectivity index is 2.24. The van der Waals surface area contributed by atoms with Crippen LogP contribution < -0.4 is 0 Å². The number of rotatable bonds is 11. The monoisotopic (exact) mass is 282 g/mol. The van der Waals surface area contributed by atoms with E-state index in [0.29, 0.717) is 6.54 Å². The quantitative estimate of drug-likeness (QED) is 0.631. The average molecular weight is 282 g/mol. The molecule has 1 aromatic rings. The van der Waals surface area contributed by atoms with Gasteiger partial charge in [-0.05, 0) is 16.8 Å². The number of carboxylic acid groups (broad SMARTS) is 1. The number of hydrogen-bond acceptors (Lipinski definition) is 4. The van der Waals surface area contributed by atoms with Crippen LogP contribution in [-0.2, 0) is 17.8 Å². The van der Waals surface area contributed by atoms with E-state index >= 15 is 0 Å². The molecule has 1 atom stereocenters. The highest BCUT2D eigenvalue weighted by Crippen LogP contribution is 2.10. The number of carboxylic acids is 1. The van der Waals surface area contributed by atoms with Crippen molar-refractivity contribution in [1.29, 1.82) is 0 Å². The summed E-state index contributed by atoms with van der Waals surface area (Å²) in [6, 6.07) is 0. The first-order valence-electron chi connectivity index (χ1n) is 7.63. The normalized spacial score (nSPS) is 12.5. The van der Waals surface area contributed by atoms with Crippen molar-refractivity contribution in [2.24, 2.45) is 5.92 Å². The highest BCUT2D eigenvalue weighted by Gasteiger charge is 2.15. The van der Waals surface area contributed by atoms with Gasteiger partial charge >= 0.3 is 5.97 Å². The Labute approximate surface area is 120 Å². The highest BCUT2D eigenvalue weighted by molar-refractivity contribution is 5.69. The SMILES string of the molecule is CCCCCCCCCc1nnnn1CC(C)C(=O)O. The van der Waals surface area contributed by atoms with Gasteiger partial charge in [-0.1, -0.05) is 52.4 Å². The third-order valence-electron chi connectivity index (χ3n) is 3.48. The van der Waals surface area contributed by atoms with Crippen molar-refractivity contribution in [1.82, 2.24) is 20.2 Å². The van der Waals surface area contributed by atoms with Crippen molar-refractivity contribution < 1.29 is 9.90 Å². The molecule has 0 aromatic carbocycles. The van der Waals surface area contributed by atoms with E-state index in [2.05, 4.69) is 22.4 Å². The number of nitrogens with zero attached hydrogens (tertiary/aromatic N) is 4. The van der Waals surface area contributed by atoms with Gasteiger partial charge in [-0.3, -0.25) is 4.79 Å². The van der Waals surface area contributed by atoms with E-state index in [4.69, 9.17) is 5.11 Å². The van der Waals surface area contributed by atoms with Crippen LogP contribution in [-0.4, -0.2) is 31.3 Å². The molecule has 6 heteroatoms. The number of aryl methyl sites for hydroxylation is 1. The smallest absolute Gasteiger partial charge is 0.308 e. The molecule has 0 aliphatic rings. The lowest BCUT2D eigenvalue weighted by Crippen LogP contribution is -2.19. The molecule has 0 aliphatic heterocycles. The molecule has 1 rings (SSSR count). The van der Waals surface area contributed by atoms with Gasteiger partial charge < -0.3 is 5.11 Å². The molecule has 0 saturated carbocycles. The summed E-state index contributed by atoms with van der Waals surface area (Å²) >= 11 is 0. The minimum atomic E-state index is -0.817. The van der Waals surface area contributed by atoms with Crippen LogP contribution in [0.3, 0.4) is 0 Å². The van der Waals surface area contributed by atoms with E-state index in [0.717, 1.165) is 18.7 Å². The number of hydrogen-bond donors (Lipinski definition) is 1. The molecule has 0 bridgehead atoms. The van der Waals surface area contributed by atoms with Crippen LogP contribution in [0.2, 0.25) is 0 Å². The number of carbonyl (C=O) groups is 1. The summed E-state index contributed by atoms with van der Waals surface area (Å²) in [6.45, 7) is 4.23. The molecule has 0 fully saturated rings. The Kier molecular flexibility index (Phi) is 7.84. The number of aromatic nitrogens is 4. The summed E-state index contributed by atoms with van der Waals surface area (Å²) in [5.74, 6) is -0.486. The summed E-state index contributed by atoms with van der Waals surface area (Å²) in [5.41, 5.74) is 0. The zero-order valence-electron chi connectivity index (χ0n) is 12.6. The van der Waals surface area contributed by atoms with E-state index < -0.39 is 11.9 Å². The summed E-state index contributed by atoms with van der Waals surface area (Å²) in [7, 11) is 0. The molecule has 0 aliphatic carbocycles. The second-order valence-electron chi connectivity index (χ2n) is 5.39. The predicted molar refractivity (Wildman–Crippen MR) is 76.3 cm³/mol. The van der Waals surface area contributed by atoms with Gasteiger partial charge in [0.2, 0.25) is 0 Å². The molecule has 1 N–H and O–H groups in total. The minimum absolute atomic E-state index is 0.341. The number of aliphatic carboxylic acids is 1. The maximum absolute atomic E-state index is 10.8. The first-order chi connectivity index (χ1) is 9.65. The molecule has 1 aromatic heterocycles. The Morgan fingerprint density at radius 1 is 1.20 bits per heavy atom. The summed E-state index contributed by atoms with van der Waals surface area (Å²) < 4.78 is 1.62. The van der Waals surface area contributed by atoms with Gasteiger partial charge in [0.1, 0.15) is 0 Å².